The maximum absolute atomic E-state index is 11.2. The van der Waals surface area contributed by atoms with Crippen LogP contribution in [-0.2, 0) is 0 Å². The number of primary amides is 1. The number of carbonyl (C=O) groups excluding carboxylic acids is 1. The van der Waals surface area contributed by atoms with Crippen molar-refractivity contribution in [3.05, 3.63) is 23.8 Å². The number of hydrogen-bond acceptors (Lipinski definition) is 4. The largest absolute Gasteiger partial charge is 0.397 e. The number of hydrogen-bond donors (Lipinski definition) is 3. The Bertz CT molecular complexity index is 455. The first-order valence-corrected chi connectivity index (χ1v) is 6.29. The number of amides is 1. The summed E-state index contributed by atoms with van der Waals surface area (Å²) in [6.07, 6.45) is 0. The lowest BCUT2D eigenvalue weighted by Crippen LogP contribution is -2.34. The summed E-state index contributed by atoms with van der Waals surface area (Å²) < 4.78 is 0. The highest BCUT2D eigenvalue weighted by Crippen LogP contribution is 2.23. The number of carbonyl (C=O) groups is 1. The molecule has 1 rings (SSSR count). The van der Waals surface area contributed by atoms with Crippen molar-refractivity contribution >= 4 is 17.3 Å². The van der Waals surface area contributed by atoms with E-state index in [2.05, 4.69) is 24.1 Å². The first kappa shape index (κ1) is 15.3. The first-order valence-electron chi connectivity index (χ1n) is 6.29. The van der Waals surface area contributed by atoms with Gasteiger partial charge in [-0.2, -0.15) is 0 Å². The third-order valence-corrected chi connectivity index (χ3v) is 2.84. The predicted octanol–water partition coefficient (Wildman–Crippen LogP) is 1.37. The van der Waals surface area contributed by atoms with Gasteiger partial charge in [0.15, 0.2) is 0 Å². The molecular formula is C14H24N4O. The molecule has 5 nitrogen and oxygen atoms in total. The van der Waals surface area contributed by atoms with Gasteiger partial charge >= 0.3 is 0 Å². The van der Waals surface area contributed by atoms with E-state index in [-0.39, 0.29) is 5.41 Å². The van der Waals surface area contributed by atoms with Crippen molar-refractivity contribution in [2.24, 2.45) is 11.1 Å². The lowest BCUT2D eigenvalue weighted by atomic mass is 9.92. The molecule has 106 valence electrons. The van der Waals surface area contributed by atoms with E-state index in [1.54, 1.807) is 18.2 Å². The molecule has 0 unspecified atom stereocenters. The number of nitrogens with zero attached hydrogens (tertiary/aromatic N) is 1. The van der Waals surface area contributed by atoms with E-state index in [1.165, 1.54) is 0 Å². The van der Waals surface area contributed by atoms with E-state index in [4.69, 9.17) is 11.5 Å². The Kier molecular flexibility index (Phi) is 4.78. The fraction of sp³-hybridized carbons (Fsp3) is 0.500. The maximum Gasteiger partial charge on any atom is 0.248 e. The van der Waals surface area contributed by atoms with Gasteiger partial charge in [-0.3, -0.25) is 4.79 Å². The summed E-state index contributed by atoms with van der Waals surface area (Å²) in [4.78, 5) is 13.3. The Morgan fingerprint density at radius 2 is 2.00 bits per heavy atom. The molecule has 0 aromatic heterocycles. The summed E-state index contributed by atoms with van der Waals surface area (Å²) >= 11 is 0. The molecule has 1 amide bonds. The SMILES string of the molecule is CN(C)CC(C)(C)CNc1cc(C(N)=O)ccc1N. The van der Waals surface area contributed by atoms with Crippen LogP contribution < -0.4 is 16.8 Å². The lowest BCUT2D eigenvalue weighted by Gasteiger charge is -2.29. The average Bonchev–Trinajstić information content (AvgIpc) is 2.25. The zero-order valence-corrected chi connectivity index (χ0v) is 12.2. The van der Waals surface area contributed by atoms with E-state index < -0.39 is 5.91 Å². The van der Waals surface area contributed by atoms with Gasteiger partial charge in [0.2, 0.25) is 5.91 Å². The quantitative estimate of drug-likeness (QED) is 0.677. The van der Waals surface area contributed by atoms with Gasteiger partial charge in [-0.25, -0.2) is 0 Å². The van der Waals surface area contributed by atoms with Crippen molar-refractivity contribution in [3.63, 3.8) is 0 Å². The van der Waals surface area contributed by atoms with Gasteiger partial charge in [0, 0.05) is 18.7 Å². The summed E-state index contributed by atoms with van der Waals surface area (Å²) in [5.41, 5.74) is 13.1. The van der Waals surface area contributed by atoms with Crippen LogP contribution >= 0.6 is 0 Å². The van der Waals surface area contributed by atoms with Gasteiger partial charge < -0.3 is 21.7 Å². The van der Waals surface area contributed by atoms with Crippen molar-refractivity contribution in [1.29, 1.82) is 0 Å². The fourth-order valence-electron chi connectivity index (χ4n) is 2.11. The molecule has 0 aliphatic heterocycles. The third kappa shape index (κ3) is 4.79. The van der Waals surface area contributed by atoms with Crippen LogP contribution in [0.3, 0.4) is 0 Å². The van der Waals surface area contributed by atoms with Crippen LogP contribution in [0.5, 0.6) is 0 Å². The number of nitrogen functional groups attached to an aromatic ring is 1. The zero-order valence-electron chi connectivity index (χ0n) is 12.2. The maximum atomic E-state index is 11.2. The number of anilines is 2. The van der Waals surface area contributed by atoms with Crippen LogP contribution in [0.15, 0.2) is 18.2 Å². The molecule has 1 aromatic carbocycles. The minimum absolute atomic E-state index is 0.0959. The molecule has 0 aliphatic rings. The number of benzene rings is 1. The summed E-state index contributed by atoms with van der Waals surface area (Å²) in [5.74, 6) is -0.449. The summed E-state index contributed by atoms with van der Waals surface area (Å²) in [6.45, 7) is 6.06. The molecule has 0 fully saturated rings. The van der Waals surface area contributed by atoms with Crippen molar-refractivity contribution in [1.82, 2.24) is 4.90 Å². The first-order chi connectivity index (χ1) is 8.71. The molecule has 0 aliphatic carbocycles. The molecule has 0 heterocycles. The molecule has 19 heavy (non-hydrogen) atoms. The van der Waals surface area contributed by atoms with Gasteiger partial charge in [-0.15, -0.1) is 0 Å². The van der Waals surface area contributed by atoms with Crippen molar-refractivity contribution < 1.29 is 4.79 Å². The van der Waals surface area contributed by atoms with Crippen LogP contribution in [0.1, 0.15) is 24.2 Å². The van der Waals surface area contributed by atoms with Gasteiger partial charge in [0.05, 0.1) is 11.4 Å². The molecule has 1 aromatic rings. The number of rotatable bonds is 6. The minimum Gasteiger partial charge on any atom is -0.397 e. The molecule has 0 saturated heterocycles. The van der Waals surface area contributed by atoms with Crippen LogP contribution in [0, 0.1) is 5.41 Å². The van der Waals surface area contributed by atoms with Gasteiger partial charge in [-0.1, -0.05) is 13.8 Å². The third-order valence-electron chi connectivity index (χ3n) is 2.84. The average molecular weight is 264 g/mol. The Labute approximate surface area is 115 Å². The highest BCUT2D eigenvalue weighted by molar-refractivity contribution is 5.94. The van der Waals surface area contributed by atoms with Crippen LogP contribution in [0.4, 0.5) is 11.4 Å². The Morgan fingerprint density at radius 3 is 2.53 bits per heavy atom. The topological polar surface area (TPSA) is 84.4 Å². The second-order valence-corrected chi connectivity index (χ2v) is 5.92. The molecule has 0 spiro atoms. The predicted molar refractivity (Wildman–Crippen MR) is 80.2 cm³/mol. The molecular weight excluding hydrogens is 240 g/mol. The van der Waals surface area contributed by atoms with Crippen molar-refractivity contribution in [2.45, 2.75) is 13.8 Å². The molecule has 0 bridgehead atoms. The summed E-state index contributed by atoms with van der Waals surface area (Å²) in [6, 6.07) is 5.03. The minimum atomic E-state index is -0.449. The van der Waals surface area contributed by atoms with E-state index >= 15 is 0 Å². The van der Waals surface area contributed by atoms with Gasteiger partial charge in [0.25, 0.3) is 0 Å². The van der Waals surface area contributed by atoms with Gasteiger partial charge in [-0.05, 0) is 37.7 Å². The van der Waals surface area contributed by atoms with Crippen LogP contribution in [-0.4, -0.2) is 38.0 Å². The van der Waals surface area contributed by atoms with Crippen molar-refractivity contribution in [2.75, 3.05) is 38.2 Å². The smallest absolute Gasteiger partial charge is 0.248 e. The normalized spacial score (nSPS) is 11.6. The molecule has 5 N–H and O–H groups in total. The molecule has 0 radical (unpaired) electrons. The Hall–Kier alpha value is -1.75. The van der Waals surface area contributed by atoms with E-state index in [0.29, 0.717) is 11.3 Å². The fourth-order valence-corrected chi connectivity index (χ4v) is 2.11. The second kappa shape index (κ2) is 5.93. The van der Waals surface area contributed by atoms with Crippen LogP contribution in [0.25, 0.3) is 0 Å². The lowest BCUT2D eigenvalue weighted by molar-refractivity contribution is 0.100. The van der Waals surface area contributed by atoms with E-state index in [9.17, 15) is 4.79 Å². The Balaban J connectivity index is 2.77. The number of nitrogens with one attached hydrogen (secondary N) is 1. The monoisotopic (exact) mass is 264 g/mol. The Morgan fingerprint density at radius 1 is 1.37 bits per heavy atom. The summed E-state index contributed by atoms with van der Waals surface area (Å²) in [5, 5.41) is 3.29. The second-order valence-electron chi connectivity index (χ2n) is 5.92. The highest BCUT2D eigenvalue weighted by atomic mass is 16.1. The number of nitrogens with two attached hydrogens (primary N) is 2. The van der Waals surface area contributed by atoms with Crippen LogP contribution in [0.2, 0.25) is 0 Å². The molecule has 0 saturated carbocycles. The van der Waals surface area contributed by atoms with E-state index in [0.717, 1.165) is 18.8 Å². The van der Waals surface area contributed by atoms with Crippen molar-refractivity contribution in [3.8, 4) is 0 Å². The molecule has 5 heteroatoms. The highest BCUT2D eigenvalue weighted by Gasteiger charge is 2.19. The molecule has 0 atom stereocenters. The van der Waals surface area contributed by atoms with Gasteiger partial charge in [0.1, 0.15) is 0 Å². The zero-order chi connectivity index (χ0) is 14.6. The van der Waals surface area contributed by atoms with E-state index in [1.807, 2.05) is 14.1 Å². The standard InChI is InChI=1S/C14H24N4O/c1-14(2,9-18(3)4)8-17-12-7-10(13(16)19)5-6-11(12)15/h5-7,17H,8-9,15H2,1-4H3,(H2,16,19). The summed E-state index contributed by atoms with van der Waals surface area (Å²) in [7, 11) is 4.09.